The lowest BCUT2D eigenvalue weighted by Gasteiger charge is -2.49. The van der Waals surface area contributed by atoms with Gasteiger partial charge in [0.1, 0.15) is 23.2 Å². The molecule has 2 aliphatic rings. The number of thiazole rings is 1. The van der Waals surface area contributed by atoms with Crippen molar-refractivity contribution in [3.05, 3.63) is 47.2 Å². The van der Waals surface area contributed by atoms with Crippen molar-refractivity contribution in [2.75, 3.05) is 11.5 Å². The number of carbonyl (C=O) groups is 3. The smallest absolute Gasteiger partial charge is 0.352 e. The molecule has 1 aromatic carbocycles. The third-order valence-electron chi connectivity index (χ3n) is 4.94. The Morgan fingerprint density at radius 3 is 2.84 bits per heavy atom. The number of aliphatic carboxylic acids is 1. The summed E-state index contributed by atoms with van der Waals surface area (Å²) < 4.78 is 0.815. The number of allylic oxidation sites excluding steroid dienone is 2. The van der Waals surface area contributed by atoms with Gasteiger partial charge in [0.2, 0.25) is 5.91 Å². The van der Waals surface area contributed by atoms with Crippen LogP contribution in [0, 0.1) is 0 Å². The van der Waals surface area contributed by atoms with Gasteiger partial charge in [0.25, 0.3) is 5.91 Å². The fourth-order valence-corrected chi connectivity index (χ4v) is 5.62. The molecule has 2 amide bonds. The fourth-order valence-electron chi connectivity index (χ4n) is 3.52. The Bertz CT molecular complexity index is 1130. The van der Waals surface area contributed by atoms with Crippen molar-refractivity contribution >= 4 is 56.2 Å². The number of benzene rings is 1. The molecule has 31 heavy (non-hydrogen) atoms. The van der Waals surface area contributed by atoms with E-state index in [0.29, 0.717) is 22.0 Å². The molecule has 4 rings (SSSR count). The normalized spacial score (nSPS) is 21.5. The van der Waals surface area contributed by atoms with Gasteiger partial charge in [-0.05, 0) is 30.2 Å². The van der Waals surface area contributed by atoms with Crippen molar-refractivity contribution in [1.29, 1.82) is 0 Å². The number of nitrogens with zero attached hydrogens (tertiary/aromatic N) is 2. The van der Waals surface area contributed by atoms with Crippen LogP contribution >= 0.6 is 23.1 Å². The standard InChI is InChI=1S/C19H19N5O4S2.H2O/c1-2-3-9-7-29-17-13(16(26)24(17)14(9)18(27)28)23-15(25)12(20)8-4-5-10-11(6-8)30-19(21)22-10;/h2-6,12-13,17H,7,20H2,1H3,(H2,21,22)(H,23,25)(H,27,28);1H2. The van der Waals surface area contributed by atoms with Gasteiger partial charge in [-0.1, -0.05) is 29.6 Å². The van der Waals surface area contributed by atoms with Crippen LogP contribution in [0.4, 0.5) is 5.13 Å². The Balaban J connectivity index is 0.00000272. The largest absolute Gasteiger partial charge is 0.477 e. The van der Waals surface area contributed by atoms with Gasteiger partial charge in [0, 0.05) is 5.75 Å². The highest BCUT2D eigenvalue weighted by Crippen LogP contribution is 2.40. The lowest BCUT2D eigenvalue weighted by Crippen LogP contribution is -2.71. The van der Waals surface area contributed by atoms with Gasteiger partial charge in [-0.2, -0.15) is 0 Å². The van der Waals surface area contributed by atoms with Crippen molar-refractivity contribution in [2.24, 2.45) is 5.73 Å². The minimum Gasteiger partial charge on any atom is -0.477 e. The van der Waals surface area contributed by atoms with Crippen LogP contribution in [-0.2, 0) is 14.4 Å². The number of nitrogen functional groups attached to an aromatic ring is 1. The Hall–Kier alpha value is -2.93. The number of β-lactam (4-membered cyclic amide) rings is 1. The van der Waals surface area contributed by atoms with Crippen LogP contribution in [0.1, 0.15) is 18.5 Å². The third kappa shape index (κ3) is 3.90. The summed E-state index contributed by atoms with van der Waals surface area (Å²) in [4.78, 5) is 42.4. The molecule has 1 saturated heterocycles. The predicted molar refractivity (Wildman–Crippen MR) is 119 cm³/mol. The minimum atomic E-state index is -1.17. The zero-order chi connectivity index (χ0) is 21.6. The second-order valence-electron chi connectivity index (χ2n) is 6.83. The van der Waals surface area contributed by atoms with Crippen LogP contribution in [0.2, 0.25) is 0 Å². The Morgan fingerprint density at radius 1 is 1.42 bits per heavy atom. The molecule has 164 valence electrons. The number of nitrogens with two attached hydrogens (primary N) is 2. The van der Waals surface area contributed by atoms with E-state index in [0.717, 1.165) is 10.2 Å². The highest BCUT2D eigenvalue weighted by Gasteiger charge is 2.54. The molecule has 3 unspecified atom stereocenters. The number of carboxylic acid groups (broad SMARTS) is 1. The molecule has 2 aromatic rings. The number of nitrogens with one attached hydrogen (secondary N) is 1. The first-order valence-corrected chi connectivity index (χ1v) is 10.9. The minimum absolute atomic E-state index is 0. The van der Waals surface area contributed by atoms with Crippen molar-refractivity contribution in [3.8, 4) is 0 Å². The fraction of sp³-hybridized carbons (Fsp3) is 0.263. The molecule has 12 heteroatoms. The second kappa shape index (κ2) is 8.67. The molecule has 2 aliphatic heterocycles. The van der Waals surface area contributed by atoms with Crippen molar-refractivity contribution in [3.63, 3.8) is 0 Å². The number of amides is 2. The van der Waals surface area contributed by atoms with Crippen LogP contribution in [0.5, 0.6) is 0 Å². The van der Waals surface area contributed by atoms with E-state index >= 15 is 0 Å². The molecule has 1 aromatic heterocycles. The maximum Gasteiger partial charge on any atom is 0.352 e. The summed E-state index contributed by atoms with van der Waals surface area (Å²) in [6.45, 7) is 1.78. The van der Waals surface area contributed by atoms with Crippen LogP contribution < -0.4 is 16.8 Å². The summed E-state index contributed by atoms with van der Waals surface area (Å²) in [7, 11) is 0. The Labute approximate surface area is 185 Å². The van der Waals surface area contributed by atoms with Gasteiger partial charge in [0.05, 0.1) is 10.2 Å². The van der Waals surface area contributed by atoms with E-state index in [1.54, 1.807) is 37.3 Å². The molecule has 0 radical (unpaired) electrons. The van der Waals surface area contributed by atoms with Gasteiger partial charge < -0.3 is 27.4 Å². The van der Waals surface area contributed by atoms with E-state index in [4.69, 9.17) is 11.5 Å². The quantitative estimate of drug-likeness (QED) is 0.458. The number of aromatic nitrogens is 1. The summed E-state index contributed by atoms with van der Waals surface area (Å²) in [5.74, 6) is -1.70. The van der Waals surface area contributed by atoms with Gasteiger partial charge >= 0.3 is 5.97 Å². The highest BCUT2D eigenvalue weighted by molar-refractivity contribution is 8.00. The molecule has 1 fully saturated rings. The molecule has 0 bridgehead atoms. The van der Waals surface area contributed by atoms with Gasteiger partial charge in [0.15, 0.2) is 5.13 Å². The number of hydrogen-bond donors (Lipinski definition) is 4. The first kappa shape index (κ1) is 22.7. The Kier molecular flexibility index (Phi) is 6.36. The Morgan fingerprint density at radius 2 is 2.16 bits per heavy atom. The molecule has 3 heterocycles. The molecule has 0 aliphatic carbocycles. The van der Waals surface area contributed by atoms with Crippen LogP contribution in [0.3, 0.4) is 0 Å². The number of rotatable bonds is 5. The molecule has 0 saturated carbocycles. The van der Waals surface area contributed by atoms with Gasteiger partial charge in [-0.15, -0.1) is 11.8 Å². The molecule has 10 nitrogen and oxygen atoms in total. The zero-order valence-corrected chi connectivity index (χ0v) is 18.0. The van der Waals surface area contributed by atoms with E-state index in [1.165, 1.54) is 28.0 Å². The first-order valence-electron chi connectivity index (χ1n) is 9.07. The average molecular weight is 464 g/mol. The van der Waals surface area contributed by atoms with E-state index in [9.17, 15) is 19.5 Å². The summed E-state index contributed by atoms with van der Waals surface area (Å²) in [6.07, 6.45) is 3.42. The predicted octanol–water partition coefficient (Wildman–Crippen LogP) is 0.368. The van der Waals surface area contributed by atoms with Gasteiger partial charge in [-0.25, -0.2) is 9.78 Å². The second-order valence-corrected chi connectivity index (χ2v) is 9.00. The van der Waals surface area contributed by atoms with Crippen molar-refractivity contribution < 1.29 is 25.0 Å². The van der Waals surface area contributed by atoms with E-state index in [-0.39, 0.29) is 11.2 Å². The third-order valence-corrected chi connectivity index (χ3v) is 7.09. The van der Waals surface area contributed by atoms with E-state index in [1.807, 2.05) is 0 Å². The first-order chi connectivity index (χ1) is 14.3. The molecule has 8 N–H and O–H groups in total. The maximum atomic E-state index is 12.7. The lowest BCUT2D eigenvalue weighted by atomic mass is 10.0. The zero-order valence-electron chi connectivity index (χ0n) is 16.4. The number of anilines is 1. The molecular weight excluding hydrogens is 442 g/mol. The van der Waals surface area contributed by atoms with E-state index < -0.39 is 35.2 Å². The summed E-state index contributed by atoms with van der Waals surface area (Å²) in [5, 5.41) is 12.2. The summed E-state index contributed by atoms with van der Waals surface area (Å²) in [6, 6.07) is 3.39. The topological polar surface area (TPSA) is 183 Å². The van der Waals surface area contributed by atoms with Crippen LogP contribution in [0.15, 0.2) is 41.6 Å². The maximum absolute atomic E-state index is 12.7. The number of fused-ring (bicyclic) bond motifs is 2. The molecule has 3 atom stereocenters. The average Bonchev–Trinajstić information content (AvgIpc) is 3.09. The summed E-state index contributed by atoms with van der Waals surface area (Å²) in [5.41, 5.74) is 13.6. The van der Waals surface area contributed by atoms with Crippen molar-refractivity contribution in [2.45, 2.75) is 24.4 Å². The lowest BCUT2D eigenvalue weighted by molar-refractivity contribution is -0.150. The van der Waals surface area contributed by atoms with Crippen LogP contribution in [0.25, 0.3) is 10.2 Å². The summed E-state index contributed by atoms with van der Waals surface area (Å²) >= 11 is 2.70. The highest BCUT2D eigenvalue weighted by atomic mass is 32.2. The number of thioether (sulfide) groups is 1. The molecule has 0 spiro atoms. The van der Waals surface area contributed by atoms with E-state index in [2.05, 4.69) is 10.3 Å². The number of hydrogen-bond acceptors (Lipinski definition) is 8. The number of carboxylic acids is 1. The number of carbonyl (C=O) groups excluding carboxylic acids is 2. The van der Waals surface area contributed by atoms with Gasteiger partial charge in [-0.3, -0.25) is 14.5 Å². The molecular formula is C19H21N5O5S2. The van der Waals surface area contributed by atoms with Crippen molar-refractivity contribution in [1.82, 2.24) is 15.2 Å². The SMILES string of the molecule is CC=CC1=C(C(=O)O)N2C(=O)C(NC(=O)C(N)c3ccc4nc(N)sc4c3)C2SC1.O. The monoisotopic (exact) mass is 463 g/mol. The van der Waals surface area contributed by atoms with Crippen LogP contribution in [-0.4, -0.2) is 55.4 Å².